The van der Waals surface area contributed by atoms with E-state index in [-0.39, 0.29) is 0 Å². The molecule has 0 saturated heterocycles. The van der Waals surface area contributed by atoms with E-state index in [1.807, 2.05) is 25.1 Å². The van der Waals surface area contributed by atoms with Crippen LogP contribution in [0.2, 0.25) is 0 Å². The maximum Gasteiger partial charge on any atom is 0.513 e. The van der Waals surface area contributed by atoms with Crippen LogP contribution >= 0.6 is 0 Å². The number of hydrogen-bond acceptors (Lipinski definition) is 5. The summed E-state index contributed by atoms with van der Waals surface area (Å²) >= 11 is 0. The molecule has 1 heterocycles. The number of hydrogen-bond donors (Lipinski definition) is 0. The van der Waals surface area contributed by atoms with Gasteiger partial charge in [0, 0.05) is 5.22 Å². The van der Waals surface area contributed by atoms with E-state index >= 15 is 0 Å². The minimum atomic E-state index is -0.732. The van der Waals surface area contributed by atoms with Crippen LogP contribution in [0, 0.1) is 0 Å². The molecule has 2 rings (SSSR count). The topological polar surface area (TPSA) is 57.1 Å². The molecule has 0 saturated carbocycles. The maximum atomic E-state index is 11.1. The third-order valence-electron chi connectivity index (χ3n) is 2.35. The summed E-state index contributed by atoms with van der Waals surface area (Å²) in [6.07, 6.45) is -0.732. The first-order chi connectivity index (χ1) is 8.26. The first kappa shape index (κ1) is 11.4. The lowest BCUT2D eigenvalue weighted by Crippen LogP contribution is -2.26. The molecule has 1 aliphatic rings. The van der Waals surface area contributed by atoms with Crippen molar-refractivity contribution < 1.29 is 19.0 Å². The molecule has 5 heteroatoms. The molecule has 0 N–H and O–H groups in total. The third-order valence-corrected chi connectivity index (χ3v) is 2.35. The zero-order chi connectivity index (χ0) is 12.3. The number of carbonyl (C=O) groups excluding carboxylic acids is 1. The lowest BCUT2D eigenvalue weighted by Gasteiger charge is -2.02. The van der Waals surface area contributed by atoms with Crippen LogP contribution in [0.15, 0.2) is 23.2 Å². The highest BCUT2D eigenvalue weighted by atomic mass is 16.7. The number of carbonyl (C=O) groups is 1. The van der Waals surface area contributed by atoms with Crippen molar-refractivity contribution in [2.75, 3.05) is 20.3 Å². The van der Waals surface area contributed by atoms with Gasteiger partial charge in [-0.25, -0.2) is 4.79 Å². The van der Waals surface area contributed by atoms with Crippen molar-refractivity contribution in [3.05, 3.63) is 28.8 Å². The Bertz CT molecular complexity index is 550. The Morgan fingerprint density at radius 2 is 2.29 bits per heavy atom. The number of methoxy groups -OCH3 is 1. The Hall–Kier alpha value is -2.04. The Balaban J connectivity index is 2.43. The maximum absolute atomic E-state index is 11.1. The first-order valence-corrected chi connectivity index (χ1v) is 5.31. The highest BCUT2D eigenvalue weighted by molar-refractivity contribution is 5.67. The Morgan fingerprint density at radius 1 is 1.47 bits per heavy atom. The van der Waals surface area contributed by atoms with Gasteiger partial charge in [0.2, 0.25) is 0 Å². The predicted octanol–water partition coefficient (Wildman–Crippen LogP) is 0.610. The summed E-state index contributed by atoms with van der Waals surface area (Å²) < 4.78 is 14.9. The Morgan fingerprint density at radius 3 is 3.00 bits per heavy atom. The third kappa shape index (κ3) is 2.22. The Labute approximate surface area is 98.3 Å². The fraction of sp³-hybridized carbons (Fsp3) is 0.333. The van der Waals surface area contributed by atoms with Crippen LogP contribution in [-0.2, 0) is 9.47 Å². The molecule has 5 nitrogen and oxygen atoms in total. The number of benzene rings is 1. The number of ether oxygens (including phenoxy) is 3. The standard InChI is InChI=1S/C12H13NO4/c1-3-16-9-6-4-5-8-10(7-13-11(8)9)17-12(14)15-2/h4-6H,3,7H2,1-2H3. The fourth-order valence-electron chi connectivity index (χ4n) is 1.65. The van der Waals surface area contributed by atoms with Gasteiger partial charge in [0.25, 0.3) is 0 Å². The van der Waals surface area contributed by atoms with E-state index in [0.29, 0.717) is 24.7 Å². The average molecular weight is 235 g/mol. The highest BCUT2D eigenvalue weighted by Gasteiger charge is 2.14. The van der Waals surface area contributed by atoms with Gasteiger partial charge in [0.05, 0.1) is 20.3 Å². The first-order valence-electron chi connectivity index (χ1n) is 5.31. The Kier molecular flexibility index (Phi) is 3.27. The summed E-state index contributed by atoms with van der Waals surface area (Å²) in [5, 5.41) is 1.51. The molecule has 1 aliphatic heterocycles. The summed E-state index contributed by atoms with van der Waals surface area (Å²) in [7, 11) is 1.27. The average Bonchev–Trinajstić information content (AvgIpc) is 2.74. The summed E-state index contributed by atoms with van der Waals surface area (Å²) in [6.45, 7) is 2.80. The summed E-state index contributed by atoms with van der Waals surface area (Å²) in [5.41, 5.74) is 0. The van der Waals surface area contributed by atoms with Crippen molar-refractivity contribution in [3.8, 4) is 5.75 Å². The lowest BCUT2D eigenvalue weighted by molar-refractivity contribution is 0.110. The zero-order valence-electron chi connectivity index (χ0n) is 9.73. The van der Waals surface area contributed by atoms with Crippen molar-refractivity contribution in [1.82, 2.24) is 0 Å². The minimum Gasteiger partial charge on any atom is -0.492 e. The monoisotopic (exact) mass is 235 g/mol. The van der Waals surface area contributed by atoms with Gasteiger partial charge in [-0.05, 0) is 19.1 Å². The number of rotatable bonds is 3. The molecule has 90 valence electrons. The second-order valence-corrected chi connectivity index (χ2v) is 3.38. The summed E-state index contributed by atoms with van der Waals surface area (Å²) in [5.74, 6) is 1.20. The molecule has 1 aromatic carbocycles. The van der Waals surface area contributed by atoms with Crippen LogP contribution in [0.1, 0.15) is 6.92 Å². The van der Waals surface area contributed by atoms with Crippen LogP contribution in [0.4, 0.5) is 4.79 Å². The molecular weight excluding hydrogens is 222 g/mol. The molecule has 17 heavy (non-hydrogen) atoms. The summed E-state index contributed by atoms with van der Waals surface area (Å²) in [6, 6.07) is 5.52. The van der Waals surface area contributed by atoms with Crippen molar-refractivity contribution in [3.63, 3.8) is 0 Å². The molecule has 0 radical (unpaired) electrons. The molecule has 0 spiro atoms. The van der Waals surface area contributed by atoms with Gasteiger partial charge in [0.15, 0.2) is 0 Å². The number of fused-ring (bicyclic) bond motifs is 1. The molecule has 0 bridgehead atoms. The second-order valence-electron chi connectivity index (χ2n) is 3.38. The molecule has 0 unspecified atom stereocenters. The highest BCUT2D eigenvalue weighted by Crippen LogP contribution is 2.07. The van der Waals surface area contributed by atoms with Crippen molar-refractivity contribution in [2.45, 2.75) is 6.92 Å². The van der Waals surface area contributed by atoms with Crippen LogP contribution in [0.5, 0.6) is 5.75 Å². The van der Waals surface area contributed by atoms with E-state index in [9.17, 15) is 4.79 Å². The van der Waals surface area contributed by atoms with Gasteiger partial charge in [-0.3, -0.25) is 4.99 Å². The molecule has 0 aliphatic carbocycles. The molecule has 0 fully saturated rings. The van der Waals surface area contributed by atoms with Crippen LogP contribution < -0.4 is 15.3 Å². The molecule has 0 aromatic heterocycles. The SMILES string of the molecule is CCOc1cccc2c1=NCC=2OC(=O)OC. The van der Waals surface area contributed by atoms with E-state index in [1.54, 1.807) is 0 Å². The predicted molar refractivity (Wildman–Crippen MR) is 60.2 cm³/mol. The van der Waals surface area contributed by atoms with Crippen molar-refractivity contribution >= 4 is 11.9 Å². The van der Waals surface area contributed by atoms with Gasteiger partial charge in [-0.2, -0.15) is 0 Å². The van der Waals surface area contributed by atoms with Gasteiger partial charge in [-0.15, -0.1) is 0 Å². The second kappa shape index (κ2) is 4.86. The normalized spacial score (nSPS) is 12.7. The zero-order valence-corrected chi connectivity index (χ0v) is 9.73. The lowest BCUT2D eigenvalue weighted by atomic mass is 10.2. The van der Waals surface area contributed by atoms with Gasteiger partial charge in [0.1, 0.15) is 16.9 Å². The minimum absolute atomic E-state index is 0.328. The quantitative estimate of drug-likeness (QED) is 0.720. The van der Waals surface area contributed by atoms with E-state index in [1.165, 1.54) is 7.11 Å². The van der Waals surface area contributed by atoms with Crippen LogP contribution in [-0.4, -0.2) is 26.4 Å². The number of para-hydroxylation sites is 1. The molecule has 0 atom stereocenters. The van der Waals surface area contributed by atoms with Crippen molar-refractivity contribution in [1.29, 1.82) is 0 Å². The van der Waals surface area contributed by atoms with E-state index in [2.05, 4.69) is 9.73 Å². The fourth-order valence-corrected chi connectivity index (χ4v) is 1.65. The van der Waals surface area contributed by atoms with Gasteiger partial charge < -0.3 is 14.2 Å². The van der Waals surface area contributed by atoms with E-state index < -0.39 is 6.16 Å². The summed E-state index contributed by atoms with van der Waals surface area (Å²) in [4.78, 5) is 15.3. The van der Waals surface area contributed by atoms with E-state index in [0.717, 1.165) is 10.6 Å². The van der Waals surface area contributed by atoms with E-state index in [4.69, 9.17) is 9.47 Å². The van der Waals surface area contributed by atoms with Crippen LogP contribution in [0.3, 0.4) is 0 Å². The number of nitrogens with zero attached hydrogens (tertiary/aromatic N) is 1. The van der Waals surface area contributed by atoms with Gasteiger partial charge >= 0.3 is 6.16 Å². The molecule has 1 aromatic rings. The van der Waals surface area contributed by atoms with Gasteiger partial charge in [-0.1, -0.05) is 6.07 Å². The van der Waals surface area contributed by atoms with Crippen molar-refractivity contribution in [2.24, 2.45) is 4.99 Å². The largest absolute Gasteiger partial charge is 0.513 e. The smallest absolute Gasteiger partial charge is 0.492 e. The molecule has 0 amide bonds. The molecular formula is C12H13NO4. The van der Waals surface area contributed by atoms with Crippen LogP contribution in [0.25, 0.3) is 5.76 Å².